The molecule has 1 rings (SSSR count). The second-order valence-corrected chi connectivity index (χ2v) is 5.38. The van der Waals surface area contributed by atoms with Gasteiger partial charge >= 0.3 is 11.9 Å². The van der Waals surface area contributed by atoms with Crippen molar-refractivity contribution in [3.8, 4) is 0 Å². The Kier molecular flexibility index (Phi) is 5.17. The Balaban J connectivity index is 3.07. The quantitative estimate of drug-likeness (QED) is 0.765. The van der Waals surface area contributed by atoms with E-state index in [1.807, 2.05) is 0 Å². The maximum atomic E-state index is 11.6. The minimum atomic E-state index is -1.10. The maximum absolute atomic E-state index is 11.6. The van der Waals surface area contributed by atoms with Crippen LogP contribution in [-0.2, 0) is 9.59 Å². The third-order valence-electron chi connectivity index (χ3n) is 4.67. The zero-order chi connectivity index (χ0) is 13.8. The fraction of sp³-hybridized carbons (Fsp3) is 0.857. The summed E-state index contributed by atoms with van der Waals surface area (Å²) in [4.78, 5) is 23.2. The van der Waals surface area contributed by atoms with Gasteiger partial charge in [-0.2, -0.15) is 0 Å². The van der Waals surface area contributed by atoms with Crippen molar-refractivity contribution in [2.75, 3.05) is 0 Å². The molecular weight excluding hydrogens is 232 g/mol. The van der Waals surface area contributed by atoms with E-state index in [0.29, 0.717) is 12.8 Å². The van der Waals surface area contributed by atoms with Gasteiger partial charge in [-0.05, 0) is 31.6 Å². The Hall–Kier alpha value is -1.06. The predicted octanol–water partition coefficient (Wildman–Crippen LogP) is 3.16. The normalized spacial score (nSPS) is 19.4. The van der Waals surface area contributed by atoms with E-state index in [1.54, 1.807) is 13.8 Å². The van der Waals surface area contributed by atoms with Crippen molar-refractivity contribution in [1.29, 1.82) is 0 Å². The van der Waals surface area contributed by atoms with Crippen molar-refractivity contribution in [2.24, 2.45) is 17.3 Å². The van der Waals surface area contributed by atoms with E-state index in [2.05, 4.69) is 0 Å². The monoisotopic (exact) mass is 256 g/mol. The predicted molar refractivity (Wildman–Crippen MR) is 68.4 cm³/mol. The Morgan fingerprint density at radius 1 is 1.11 bits per heavy atom. The summed E-state index contributed by atoms with van der Waals surface area (Å²) in [5.41, 5.74) is -1.10. The first kappa shape index (κ1) is 15.0. The lowest BCUT2D eigenvalue weighted by atomic mass is 9.63. The number of hydrogen-bond donors (Lipinski definition) is 2. The molecule has 0 aromatic rings. The summed E-state index contributed by atoms with van der Waals surface area (Å²) in [6.45, 7) is 3.58. The number of rotatable bonds is 6. The molecular formula is C14H24O4. The zero-order valence-corrected chi connectivity index (χ0v) is 11.3. The van der Waals surface area contributed by atoms with Gasteiger partial charge in [-0.15, -0.1) is 0 Å². The molecule has 1 saturated carbocycles. The fourth-order valence-corrected chi connectivity index (χ4v) is 3.48. The first-order valence-electron chi connectivity index (χ1n) is 6.95. The molecule has 1 aliphatic carbocycles. The molecule has 1 aliphatic rings. The minimum absolute atomic E-state index is 0.0206. The van der Waals surface area contributed by atoms with E-state index in [4.69, 9.17) is 0 Å². The van der Waals surface area contributed by atoms with Crippen LogP contribution >= 0.6 is 0 Å². The van der Waals surface area contributed by atoms with Crippen LogP contribution < -0.4 is 0 Å². The topological polar surface area (TPSA) is 74.6 Å². The Labute approximate surface area is 108 Å². The molecule has 1 unspecified atom stereocenters. The summed E-state index contributed by atoms with van der Waals surface area (Å²) < 4.78 is 0. The molecule has 104 valence electrons. The van der Waals surface area contributed by atoms with E-state index < -0.39 is 23.3 Å². The van der Waals surface area contributed by atoms with Crippen LogP contribution in [0.1, 0.15) is 58.8 Å². The van der Waals surface area contributed by atoms with E-state index in [9.17, 15) is 19.8 Å². The van der Waals surface area contributed by atoms with Gasteiger partial charge in [0, 0.05) is 0 Å². The highest BCUT2D eigenvalue weighted by molar-refractivity contribution is 5.83. The van der Waals surface area contributed by atoms with E-state index in [1.165, 1.54) is 0 Å². The fourth-order valence-electron chi connectivity index (χ4n) is 3.48. The smallest absolute Gasteiger partial charge is 0.310 e. The van der Waals surface area contributed by atoms with Gasteiger partial charge in [0.05, 0.1) is 11.3 Å². The molecule has 0 saturated heterocycles. The lowest BCUT2D eigenvalue weighted by Gasteiger charge is -2.39. The Morgan fingerprint density at radius 2 is 1.61 bits per heavy atom. The number of carboxylic acids is 2. The number of carboxylic acid groups (broad SMARTS) is 2. The van der Waals surface area contributed by atoms with Crippen LogP contribution in [0.4, 0.5) is 0 Å². The van der Waals surface area contributed by atoms with Gasteiger partial charge in [0.25, 0.3) is 0 Å². The Morgan fingerprint density at radius 3 is 1.94 bits per heavy atom. The molecule has 1 atom stereocenters. The highest BCUT2D eigenvalue weighted by Crippen LogP contribution is 2.45. The molecule has 18 heavy (non-hydrogen) atoms. The molecule has 0 aliphatic heterocycles. The number of hydrogen-bond acceptors (Lipinski definition) is 2. The van der Waals surface area contributed by atoms with Crippen molar-refractivity contribution in [2.45, 2.75) is 58.8 Å². The van der Waals surface area contributed by atoms with Gasteiger partial charge in [0.2, 0.25) is 0 Å². The summed E-state index contributed by atoms with van der Waals surface area (Å²) >= 11 is 0. The van der Waals surface area contributed by atoms with E-state index >= 15 is 0 Å². The average Bonchev–Trinajstić information content (AvgIpc) is 2.36. The zero-order valence-electron chi connectivity index (χ0n) is 11.3. The van der Waals surface area contributed by atoms with E-state index in [0.717, 1.165) is 32.1 Å². The third kappa shape index (κ3) is 2.68. The summed E-state index contributed by atoms with van der Waals surface area (Å²) in [7, 11) is 0. The van der Waals surface area contributed by atoms with Gasteiger partial charge in [0.15, 0.2) is 0 Å². The molecule has 2 N–H and O–H groups in total. The second kappa shape index (κ2) is 6.21. The SMILES string of the molecule is CCC(CC)(C(=O)O)C(C(=O)O)C1CCCCC1. The first-order valence-corrected chi connectivity index (χ1v) is 6.95. The van der Waals surface area contributed by atoms with Crippen molar-refractivity contribution < 1.29 is 19.8 Å². The molecule has 4 heteroatoms. The van der Waals surface area contributed by atoms with Crippen LogP contribution in [0.15, 0.2) is 0 Å². The highest BCUT2D eigenvalue weighted by Gasteiger charge is 2.50. The largest absolute Gasteiger partial charge is 0.481 e. The van der Waals surface area contributed by atoms with Gasteiger partial charge in [-0.1, -0.05) is 33.1 Å². The molecule has 0 amide bonds. The average molecular weight is 256 g/mol. The molecule has 0 spiro atoms. The van der Waals surface area contributed by atoms with Gasteiger partial charge in [-0.25, -0.2) is 0 Å². The first-order chi connectivity index (χ1) is 8.49. The van der Waals surface area contributed by atoms with Crippen molar-refractivity contribution >= 4 is 11.9 Å². The van der Waals surface area contributed by atoms with Crippen LogP contribution in [0.5, 0.6) is 0 Å². The minimum Gasteiger partial charge on any atom is -0.481 e. The summed E-state index contributed by atoms with van der Waals surface area (Å²) in [5, 5.41) is 19.0. The molecule has 4 nitrogen and oxygen atoms in total. The van der Waals surface area contributed by atoms with E-state index in [-0.39, 0.29) is 5.92 Å². The van der Waals surface area contributed by atoms with Crippen molar-refractivity contribution in [1.82, 2.24) is 0 Å². The third-order valence-corrected chi connectivity index (χ3v) is 4.67. The second-order valence-electron chi connectivity index (χ2n) is 5.38. The van der Waals surface area contributed by atoms with Gasteiger partial charge in [0.1, 0.15) is 0 Å². The Bertz CT molecular complexity index is 301. The van der Waals surface area contributed by atoms with Crippen molar-refractivity contribution in [3.63, 3.8) is 0 Å². The number of aliphatic carboxylic acids is 2. The maximum Gasteiger partial charge on any atom is 0.310 e. The summed E-state index contributed by atoms with van der Waals surface area (Å²) in [5.74, 6) is -2.61. The van der Waals surface area contributed by atoms with Crippen molar-refractivity contribution in [3.05, 3.63) is 0 Å². The molecule has 0 aromatic carbocycles. The van der Waals surface area contributed by atoms with Crippen LogP contribution in [-0.4, -0.2) is 22.2 Å². The van der Waals surface area contributed by atoms with Crippen LogP contribution in [0.25, 0.3) is 0 Å². The van der Waals surface area contributed by atoms with Crippen LogP contribution in [0.2, 0.25) is 0 Å². The lowest BCUT2D eigenvalue weighted by Crippen LogP contribution is -2.46. The molecule has 0 bridgehead atoms. The standard InChI is InChI=1S/C14H24O4/c1-3-14(4-2,13(17)18)11(12(15)16)10-8-6-5-7-9-10/h10-11H,3-9H2,1-2H3,(H,15,16)(H,17,18). The molecule has 0 aromatic heterocycles. The van der Waals surface area contributed by atoms with Gasteiger partial charge in [-0.3, -0.25) is 9.59 Å². The highest BCUT2D eigenvalue weighted by atomic mass is 16.4. The van der Waals surface area contributed by atoms with Gasteiger partial charge < -0.3 is 10.2 Å². The molecule has 0 heterocycles. The molecule has 1 fully saturated rings. The summed E-state index contributed by atoms with van der Waals surface area (Å²) in [6.07, 6.45) is 5.66. The summed E-state index contributed by atoms with van der Waals surface area (Å²) in [6, 6.07) is 0. The lowest BCUT2D eigenvalue weighted by molar-refractivity contribution is -0.167. The van der Waals surface area contributed by atoms with Crippen LogP contribution in [0.3, 0.4) is 0 Å². The molecule has 0 radical (unpaired) electrons. The van der Waals surface area contributed by atoms with Crippen LogP contribution in [0, 0.1) is 17.3 Å². The number of carbonyl (C=O) groups is 2.